The number of benzene rings is 1. The first-order valence-electron chi connectivity index (χ1n) is 12.7. The summed E-state index contributed by atoms with van der Waals surface area (Å²) in [5.41, 5.74) is 2.70. The Hall–Kier alpha value is -3.04. The Morgan fingerprint density at radius 2 is 2.00 bits per heavy atom. The molecule has 0 radical (unpaired) electrons. The fourth-order valence-corrected chi connectivity index (χ4v) is 5.88. The summed E-state index contributed by atoms with van der Waals surface area (Å²) < 4.78 is 7.70. The number of thiophene rings is 1. The third-order valence-electron chi connectivity index (χ3n) is 7.23. The lowest BCUT2D eigenvalue weighted by Gasteiger charge is -2.40. The normalized spacial score (nSPS) is 19.0. The van der Waals surface area contributed by atoms with Gasteiger partial charge in [-0.15, -0.1) is 16.4 Å². The number of amides is 1. The minimum atomic E-state index is -0.503. The molecule has 6 rings (SSSR count). The van der Waals surface area contributed by atoms with Crippen molar-refractivity contribution in [3.8, 4) is 5.75 Å². The number of aryl methyl sites for hydroxylation is 1. The molecule has 1 saturated heterocycles. The third kappa shape index (κ3) is 5.84. The van der Waals surface area contributed by atoms with E-state index in [0.717, 1.165) is 73.7 Å². The van der Waals surface area contributed by atoms with Gasteiger partial charge in [-0.2, -0.15) is 0 Å². The van der Waals surface area contributed by atoms with E-state index in [0.29, 0.717) is 19.6 Å². The number of piperidine rings is 1. The number of rotatable bonds is 3. The zero-order valence-corrected chi connectivity index (χ0v) is 21.6. The maximum absolute atomic E-state index is 13.6. The van der Waals surface area contributed by atoms with Crippen LogP contribution in [-0.2, 0) is 30.7 Å². The summed E-state index contributed by atoms with van der Waals surface area (Å²) >= 11 is 1.51. The quantitative estimate of drug-likeness (QED) is 0.546. The van der Waals surface area contributed by atoms with Crippen LogP contribution in [0.4, 0.5) is 0 Å². The average molecular weight is 508 g/mol. The molecule has 8 nitrogen and oxygen atoms in total. The molecular formula is C27H33N5O3S. The summed E-state index contributed by atoms with van der Waals surface area (Å²) in [4.78, 5) is 28.5. The van der Waals surface area contributed by atoms with E-state index in [4.69, 9.17) is 4.74 Å². The Morgan fingerprint density at radius 1 is 1.19 bits per heavy atom. The molecule has 1 spiro atoms. The van der Waals surface area contributed by atoms with E-state index in [9.17, 15) is 9.59 Å². The molecule has 1 N–H and O–H groups in total. The van der Waals surface area contributed by atoms with Gasteiger partial charge in [0, 0.05) is 38.7 Å². The number of Topliss-reactive ketones (excluding diaryl/α,β-unsaturated/α-hetero) is 1. The van der Waals surface area contributed by atoms with Gasteiger partial charge in [0.2, 0.25) is 5.91 Å². The van der Waals surface area contributed by atoms with Crippen molar-refractivity contribution in [1.82, 2.24) is 25.2 Å². The first-order valence-corrected chi connectivity index (χ1v) is 13.6. The fourth-order valence-electron chi connectivity index (χ4n) is 5.08. The van der Waals surface area contributed by atoms with Gasteiger partial charge < -0.3 is 10.1 Å². The number of ketones is 1. The second kappa shape index (κ2) is 10.9. The van der Waals surface area contributed by atoms with Crippen LogP contribution in [0.3, 0.4) is 0 Å². The molecule has 1 amide bonds. The maximum atomic E-state index is 13.6. The number of aromatic nitrogens is 3. The molecule has 3 aliphatic rings. The van der Waals surface area contributed by atoms with E-state index in [2.05, 4.69) is 38.0 Å². The molecule has 0 aliphatic carbocycles. The number of carbonyl (C=O) groups excluding carboxylic acids is 2. The molecule has 5 heterocycles. The lowest BCUT2D eigenvalue weighted by Crippen LogP contribution is -2.50. The lowest BCUT2D eigenvalue weighted by atomic mass is 9.74. The Labute approximate surface area is 215 Å². The molecule has 0 saturated carbocycles. The molecule has 9 heteroatoms. The van der Waals surface area contributed by atoms with Crippen molar-refractivity contribution < 1.29 is 14.3 Å². The second-order valence-electron chi connectivity index (χ2n) is 9.93. The second-order valence-corrected chi connectivity index (χ2v) is 10.8. The highest BCUT2D eigenvalue weighted by molar-refractivity contribution is 7.12. The molecule has 4 bridgehead atoms. The summed E-state index contributed by atoms with van der Waals surface area (Å²) in [6, 6.07) is 10.1. The molecule has 3 aliphatic heterocycles. The van der Waals surface area contributed by atoms with Crippen LogP contribution in [0.2, 0.25) is 0 Å². The maximum Gasteiger partial charge on any atom is 0.226 e. The molecule has 1 fully saturated rings. The number of fused-ring (bicyclic) bond motifs is 8. The smallest absolute Gasteiger partial charge is 0.226 e. The fraction of sp³-hybridized carbons (Fsp3) is 0.481. The Morgan fingerprint density at radius 3 is 2.75 bits per heavy atom. The van der Waals surface area contributed by atoms with Gasteiger partial charge in [0.25, 0.3) is 0 Å². The predicted molar refractivity (Wildman–Crippen MR) is 138 cm³/mol. The lowest BCUT2D eigenvalue weighted by molar-refractivity contribution is -0.134. The highest BCUT2D eigenvalue weighted by Gasteiger charge is 2.42. The summed E-state index contributed by atoms with van der Waals surface area (Å²) in [6.45, 7) is 6.00. The van der Waals surface area contributed by atoms with Crippen LogP contribution in [-0.4, -0.2) is 57.8 Å². The zero-order chi connectivity index (χ0) is 25.0. The van der Waals surface area contributed by atoms with Gasteiger partial charge in [-0.3, -0.25) is 19.2 Å². The topological polar surface area (TPSA) is 89.3 Å². The van der Waals surface area contributed by atoms with E-state index < -0.39 is 5.41 Å². The molecule has 0 atom stereocenters. The van der Waals surface area contributed by atoms with Gasteiger partial charge in [-0.1, -0.05) is 17.3 Å². The van der Waals surface area contributed by atoms with Gasteiger partial charge in [0.15, 0.2) is 5.78 Å². The van der Waals surface area contributed by atoms with E-state index in [1.165, 1.54) is 16.9 Å². The number of ether oxygens (including phenoxy) is 1. The monoisotopic (exact) mass is 507 g/mol. The van der Waals surface area contributed by atoms with E-state index >= 15 is 0 Å². The number of nitrogens with zero attached hydrogens (tertiary/aromatic N) is 4. The minimum Gasteiger partial charge on any atom is -0.494 e. The van der Waals surface area contributed by atoms with Gasteiger partial charge in [0.1, 0.15) is 5.75 Å². The molecular weight excluding hydrogens is 474 g/mol. The largest absolute Gasteiger partial charge is 0.494 e. The summed E-state index contributed by atoms with van der Waals surface area (Å²) in [7, 11) is 0. The predicted octanol–water partition coefficient (Wildman–Crippen LogP) is 3.51. The van der Waals surface area contributed by atoms with Crippen LogP contribution in [0.25, 0.3) is 0 Å². The van der Waals surface area contributed by atoms with Crippen molar-refractivity contribution in [3.05, 3.63) is 63.6 Å². The van der Waals surface area contributed by atoms with E-state index in [-0.39, 0.29) is 11.7 Å². The third-order valence-corrected chi connectivity index (χ3v) is 8.31. The van der Waals surface area contributed by atoms with Crippen molar-refractivity contribution in [3.63, 3.8) is 0 Å². The van der Waals surface area contributed by atoms with E-state index in [1.54, 1.807) is 6.92 Å². The van der Waals surface area contributed by atoms with Crippen LogP contribution >= 0.6 is 11.3 Å². The molecule has 2 aromatic heterocycles. The molecule has 190 valence electrons. The van der Waals surface area contributed by atoms with E-state index in [1.807, 2.05) is 29.1 Å². The Bertz CT molecular complexity index is 1190. The minimum absolute atomic E-state index is 0.107. The summed E-state index contributed by atoms with van der Waals surface area (Å²) in [6.07, 6.45) is 5.70. The van der Waals surface area contributed by atoms with Crippen LogP contribution < -0.4 is 10.1 Å². The standard InChI is InChI=1S/C27H33N5O3S/c1-20(33)25-15-22(19-36-25)17-31-12-8-27(9-13-31)16-23-18-32(30-29-23)11-2-14-35-24-5-3-21(4-6-24)7-10-28-26(27)34/h3-6,15,18-19H,2,7-14,16-17H2,1H3,(H,28,34). The highest BCUT2D eigenvalue weighted by atomic mass is 32.1. The number of carbonyl (C=O) groups is 2. The zero-order valence-electron chi connectivity index (χ0n) is 20.7. The van der Waals surface area contributed by atoms with Gasteiger partial charge in [0.05, 0.1) is 22.6 Å². The Balaban J connectivity index is 1.30. The molecule has 36 heavy (non-hydrogen) atoms. The van der Waals surface area contributed by atoms with Crippen molar-refractivity contribution in [2.24, 2.45) is 5.41 Å². The van der Waals surface area contributed by atoms with Crippen molar-refractivity contribution >= 4 is 23.0 Å². The average Bonchev–Trinajstić information content (AvgIpc) is 3.53. The molecule has 3 aromatic rings. The first kappa shape index (κ1) is 24.6. The highest BCUT2D eigenvalue weighted by Crippen LogP contribution is 2.36. The number of hydrogen-bond donors (Lipinski definition) is 1. The van der Waals surface area contributed by atoms with Gasteiger partial charge >= 0.3 is 0 Å². The summed E-state index contributed by atoms with van der Waals surface area (Å²) in [5, 5.41) is 14.0. The molecule has 0 unspecified atom stereocenters. The van der Waals surface area contributed by atoms with Crippen molar-refractivity contribution in [2.75, 3.05) is 26.2 Å². The number of nitrogens with one attached hydrogen (secondary N) is 1. The van der Waals surface area contributed by atoms with Crippen LogP contribution in [0.15, 0.2) is 41.9 Å². The Kier molecular flexibility index (Phi) is 7.48. The SMILES string of the molecule is CC(=O)c1cc(CN2CCC3(CC2)Cc2cn(nn2)CCCOc2ccc(cc2)CCNC3=O)cs1. The van der Waals surface area contributed by atoms with Crippen LogP contribution in [0, 0.1) is 5.41 Å². The van der Waals surface area contributed by atoms with Crippen molar-refractivity contribution in [2.45, 2.75) is 52.1 Å². The van der Waals surface area contributed by atoms with Gasteiger partial charge in [-0.25, -0.2) is 0 Å². The van der Waals surface area contributed by atoms with Crippen LogP contribution in [0.1, 0.15) is 52.7 Å². The number of likely N-dealkylation sites (tertiary alicyclic amines) is 1. The van der Waals surface area contributed by atoms with Gasteiger partial charge in [-0.05, 0) is 74.0 Å². The van der Waals surface area contributed by atoms with Crippen LogP contribution in [0.5, 0.6) is 5.75 Å². The van der Waals surface area contributed by atoms with Crippen molar-refractivity contribution in [1.29, 1.82) is 0 Å². The molecule has 1 aromatic carbocycles. The number of hydrogen-bond acceptors (Lipinski definition) is 7. The summed E-state index contributed by atoms with van der Waals surface area (Å²) in [5.74, 6) is 1.08. The first-order chi connectivity index (χ1) is 17.5.